The fourth-order valence-corrected chi connectivity index (χ4v) is 5.76. The Bertz CT molecular complexity index is 1810. The highest BCUT2D eigenvalue weighted by atomic mass is 15.1. The number of hydrogen-bond donors (Lipinski definition) is 0. The van der Waals surface area contributed by atoms with Crippen molar-refractivity contribution in [3.8, 4) is 11.3 Å². The number of unbranched alkanes of at least 4 members (excludes halogenated alkanes) is 1. The van der Waals surface area contributed by atoms with Crippen molar-refractivity contribution in [1.82, 2.24) is 14.4 Å². The van der Waals surface area contributed by atoms with E-state index in [2.05, 4.69) is 84.1 Å². The fourth-order valence-electron chi connectivity index (χ4n) is 5.76. The van der Waals surface area contributed by atoms with Gasteiger partial charge in [-0.2, -0.15) is 0 Å². The van der Waals surface area contributed by atoms with Crippen molar-refractivity contribution in [2.45, 2.75) is 38.5 Å². The van der Waals surface area contributed by atoms with Gasteiger partial charge in [-0.1, -0.05) is 86.5 Å². The molecule has 180 valence electrons. The average Bonchev–Trinajstić information content (AvgIpc) is 3.34. The highest BCUT2D eigenvalue weighted by molar-refractivity contribution is 6.10. The van der Waals surface area contributed by atoms with Gasteiger partial charge in [0.05, 0.1) is 11.4 Å². The van der Waals surface area contributed by atoms with E-state index in [1.807, 2.05) is 24.4 Å². The lowest BCUT2D eigenvalue weighted by Gasteiger charge is -2.25. The first-order chi connectivity index (χ1) is 18.3. The predicted molar refractivity (Wildman–Crippen MR) is 153 cm³/mol. The van der Waals surface area contributed by atoms with Crippen LogP contribution >= 0.6 is 0 Å². The largest absolute Gasteiger partial charge is 0.284 e. The number of rotatable bonds is 5. The number of aliphatic imine (C=N–C) groups is 1. The summed E-state index contributed by atoms with van der Waals surface area (Å²) < 4.78 is 2.08. The van der Waals surface area contributed by atoms with Crippen LogP contribution in [-0.4, -0.2) is 20.1 Å². The zero-order valence-corrected chi connectivity index (χ0v) is 20.9. The van der Waals surface area contributed by atoms with Crippen LogP contribution in [0.25, 0.3) is 38.8 Å². The van der Waals surface area contributed by atoms with E-state index in [1.54, 1.807) is 0 Å². The standard InChI is InChI=1S/C33H28N4/c1-2-3-11-22-21-29(34-28-17-7-6-14-25(22)28)23-12-10-13-24(20-23)31-26-15-4-5-16-27(26)32-33(36-31)37-19-9-8-18-30(37)35-32/h4-10,12-20,22H,2-3,11,21H2,1H3. The number of para-hydroxylation sites is 1. The molecule has 37 heavy (non-hydrogen) atoms. The first-order valence-corrected chi connectivity index (χ1v) is 13.2. The van der Waals surface area contributed by atoms with Gasteiger partial charge in [-0.05, 0) is 54.2 Å². The van der Waals surface area contributed by atoms with Crippen molar-refractivity contribution in [2.75, 3.05) is 0 Å². The van der Waals surface area contributed by atoms with Crippen molar-refractivity contribution in [3.63, 3.8) is 0 Å². The number of imidazole rings is 1. The third-order valence-electron chi connectivity index (χ3n) is 7.61. The molecule has 0 spiro atoms. The third kappa shape index (κ3) is 3.72. The molecule has 6 aromatic rings. The molecule has 4 nitrogen and oxygen atoms in total. The first-order valence-electron chi connectivity index (χ1n) is 13.2. The maximum Gasteiger partial charge on any atom is 0.165 e. The van der Waals surface area contributed by atoms with Crippen LogP contribution in [0.5, 0.6) is 0 Å². The lowest BCUT2D eigenvalue weighted by Crippen LogP contribution is -2.13. The molecule has 4 heterocycles. The number of fused-ring (bicyclic) bond motifs is 6. The molecule has 0 saturated carbocycles. The molecule has 4 heteroatoms. The molecule has 0 aliphatic carbocycles. The van der Waals surface area contributed by atoms with Gasteiger partial charge in [0, 0.05) is 28.2 Å². The van der Waals surface area contributed by atoms with E-state index in [9.17, 15) is 0 Å². The van der Waals surface area contributed by atoms with Gasteiger partial charge in [-0.25, -0.2) is 9.97 Å². The minimum absolute atomic E-state index is 0.515. The molecule has 0 amide bonds. The first kappa shape index (κ1) is 21.9. The van der Waals surface area contributed by atoms with Crippen LogP contribution in [0.1, 0.15) is 49.7 Å². The van der Waals surface area contributed by atoms with Crippen LogP contribution in [0.4, 0.5) is 5.69 Å². The summed E-state index contributed by atoms with van der Waals surface area (Å²) in [6.07, 6.45) is 6.66. The maximum atomic E-state index is 5.20. The van der Waals surface area contributed by atoms with Gasteiger partial charge in [-0.15, -0.1) is 0 Å². The third-order valence-corrected chi connectivity index (χ3v) is 7.61. The molecule has 0 N–H and O–H groups in total. The van der Waals surface area contributed by atoms with Crippen LogP contribution in [-0.2, 0) is 0 Å². The van der Waals surface area contributed by atoms with E-state index in [0.717, 1.165) is 50.9 Å². The minimum Gasteiger partial charge on any atom is -0.284 e. The van der Waals surface area contributed by atoms with E-state index < -0.39 is 0 Å². The molecule has 7 rings (SSSR count). The minimum atomic E-state index is 0.515. The van der Waals surface area contributed by atoms with Crippen LogP contribution < -0.4 is 0 Å². The summed E-state index contributed by atoms with van der Waals surface area (Å²) >= 11 is 0. The smallest absolute Gasteiger partial charge is 0.165 e. The van der Waals surface area contributed by atoms with Crippen molar-refractivity contribution < 1.29 is 0 Å². The molecular weight excluding hydrogens is 452 g/mol. The predicted octanol–water partition coefficient (Wildman–Crippen LogP) is 8.50. The molecule has 0 bridgehead atoms. The summed E-state index contributed by atoms with van der Waals surface area (Å²) in [4.78, 5) is 15.2. The molecular formula is C33H28N4. The van der Waals surface area contributed by atoms with Gasteiger partial charge < -0.3 is 0 Å². The van der Waals surface area contributed by atoms with Gasteiger partial charge in [0.25, 0.3) is 0 Å². The molecule has 0 saturated heterocycles. The Kier molecular flexibility index (Phi) is 5.32. The number of hydrogen-bond acceptors (Lipinski definition) is 3. The van der Waals surface area contributed by atoms with Crippen molar-refractivity contribution in [3.05, 3.63) is 108 Å². The SMILES string of the molecule is CCCCC1CC(c2cccc(-c3nc4c(nc5ccccn54)c4ccccc34)c2)=Nc2ccccc21. The van der Waals surface area contributed by atoms with E-state index in [1.165, 1.54) is 36.1 Å². The van der Waals surface area contributed by atoms with Gasteiger partial charge in [-0.3, -0.25) is 9.39 Å². The average molecular weight is 481 g/mol. The second-order valence-corrected chi connectivity index (χ2v) is 9.96. The quantitative estimate of drug-likeness (QED) is 0.248. The van der Waals surface area contributed by atoms with E-state index in [4.69, 9.17) is 15.0 Å². The second kappa shape index (κ2) is 8.97. The van der Waals surface area contributed by atoms with Gasteiger partial charge >= 0.3 is 0 Å². The number of aromatic nitrogens is 3. The Balaban J connectivity index is 1.39. The molecule has 0 fully saturated rings. The number of benzene rings is 3. The monoisotopic (exact) mass is 480 g/mol. The lowest BCUT2D eigenvalue weighted by atomic mass is 9.84. The van der Waals surface area contributed by atoms with Crippen LogP contribution in [0.2, 0.25) is 0 Å². The van der Waals surface area contributed by atoms with Crippen LogP contribution in [0.15, 0.2) is 102 Å². The Morgan fingerprint density at radius 1 is 0.811 bits per heavy atom. The van der Waals surface area contributed by atoms with Gasteiger partial charge in [0.1, 0.15) is 11.2 Å². The Morgan fingerprint density at radius 3 is 2.54 bits per heavy atom. The highest BCUT2D eigenvalue weighted by Gasteiger charge is 2.23. The van der Waals surface area contributed by atoms with Crippen molar-refractivity contribution >= 4 is 39.0 Å². The summed E-state index contributed by atoms with van der Waals surface area (Å²) in [7, 11) is 0. The number of nitrogens with zero attached hydrogens (tertiary/aromatic N) is 4. The molecule has 0 radical (unpaired) electrons. The fraction of sp³-hybridized carbons (Fsp3) is 0.182. The summed E-state index contributed by atoms with van der Waals surface area (Å²) in [6, 6.07) is 32.0. The van der Waals surface area contributed by atoms with E-state index in [0.29, 0.717) is 5.92 Å². The summed E-state index contributed by atoms with van der Waals surface area (Å²) in [5.41, 5.74) is 9.68. The summed E-state index contributed by atoms with van der Waals surface area (Å²) in [5, 5.41) is 2.24. The van der Waals surface area contributed by atoms with Crippen molar-refractivity contribution in [2.24, 2.45) is 4.99 Å². The molecule has 1 atom stereocenters. The van der Waals surface area contributed by atoms with Gasteiger partial charge in [0.2, 0.25) is 0 Å². The summed E-state index contributed by atoms with van der Waals surface area (Å²) in [6.45, 7) is 2.27. The molecule has 1 aliphatic heterocycles. The van der Waals surface area contributed by atoms with E-state index >= 15 is 0 Å². The normalized spacial score (nSPS) is 15.3. The zero-order valence-electron chi connectivity index (χ0n) is 20.9. The Labute approximate surface area is 216 Å². The van der Waals surface area contributed by atoms with Crippen molar-refractivity contribution in [1.29, 1.82) is 0 Å². The highest BCUT2D eigenvalue weighted by Crippen LogP contribution is 2.39. The molecule has 1 unspecified atom stereocenters. The maximum absolute atomic E-state index is 5.20. The van der Waals surface area contributed by atoms with Crippen LogP contribution in [0, 0.1) is 0 Å². The van der Waals surface area contributed by atoms with Crippen LogP contribution in [0.3, 0.4) is 0 Å². The van der Waals surface area contributed by atoms with Gasteiger partial charge in [0.15, 0.2) is 5.65 Å². The molecule has 3 aromatic heterocycles. The van der Waals surface area contributed by atoms with E-state index in [-0.39, 0.29) is 0 Å². The second-order valence-electron chi connectivity index (χ2n) is 9.96. The Hall–Kier alpha value is -4.31. The molecule has 3 aromatic carbocycles. The zero-order chi connectivity index (χ0) is 24.8. The topological polar surface area (TPSA) is 42.5 Å². The lowest BCUT2D eigenvalue weighted by molar-refractivity contribution is 0.596. The Morgan fingerprint density at radius 2 is 1.62 bits per heavy atom. The summed E-state index contributed by atoms with van der Waals surface area (Å²) in [5.74, 6) is 0.515. The number of pyridine rings is 2. The molecule has 1 aliphatic rings.